The fourth-order valence-electron chi connectivity index (χ4n) is 2.72. The Bertz CT molecular complexity index is 829. The fourth-order valence-corrected chi connectivity index (χ4v) is 2.99. The summed E-state index contributed by atoms with van der Waals surface area (Å²) in [7, 11) is 0. The van der Waals surface area contributed by atoms with Crippen molar-refractivity contribution in [1.82, 2.24) is 20.1 Å². The van der Waals surface area contributed by atoms with E-state index in [1.165, 1.54) is 18.9 Å². The highest BCUT2D eigenvalue weighted by atomic mass is 35.5. The average molecular weight is 361 g/mol. The normalized spacial score (nSPS) is 15.7. The van der Waals surface area contributed by atoms with Gasteiger partial charge in [-0.2, -0.15) is 0 Å². The largest absolute Gasteiger partial charge is 0.454 e. The van der Waals surface area contributed by atoms with Gasteiger partial charge in [0.25, 0.3) is 0 Å². The number of benzene rings is 1. The minimum absolute atomic E-state index is 0.161. The van der Waals surface area contributed by atoms with Crippen LogP contribution >= 0.6 is 11.6 Å². The molecule has 1 aliphatic carbocycles. The van der Waals surface area contributed by atoms with Crippen LogP contribution in [0.5, 0.6) is 11.5 Å². The highest BCUT2D eigenvalue weighted by Crippen LogP contribution is 2.40. The van der Waals surface area contributed by atoms with E-state index >= 15 is 0 Å². The topological polar surface area (TPSA) is 78.3 Å². The molecule has 0 spiro atoms. The number of rotatable bonds is 6. The van der Waals surface area contributed by atoms with E-state index in [9.17, 15) is 4.79 Å². The molecule has 0 unspecified atom stereocenters. The Morgan fingerprint density at radius 3 is 3.12 bits per heavy atom. The summed E-state index contributed by atoms with van der Waals surface area (Å²) in [5.74, 6) is 1.87. The van der Waals surface area contributed by atoms with Gasteiger partial charge in [-0.15, -0.1) is 10.2 Å². The van der Waals surface area contributed by atoms with Crippen LogP contribution in [0.1, 0.15) is 30.3 Å². The smallest absolute Gasteiger partial charge is 0.244 e. The third-order valence-electron chi connectivity index (χ3n) is 4.11. The zero-order chi connectivity index (χ0) is 17.2. The number of ether oxygens (including phenoxy) is 2. The summed E-state index contributed by atoms with van der Waals surface area (Å²) in [5, 5.41) is 11.4. The summed E-state index contributed by atoms with van der Waals surface area (Å²) in [6.07, 6.45) is 7.94. The summed E-state index contributed by atoms with van der Waals surface area (Å²) in [4.78, 5) is 12.0. The molecule has 1 N–H and O–H groups in total. The van der Waals surface area contributed by atoms with Crippen LogP contribution in [0, 0.1) is 0 Å². The van der Waals surface area contributed by atoms with Gasteiger partial charge in [-0.3, -0.25) is 4.79 Å². The lowest BCUT2D eigenvalue weighted by atomic mass is 10.2. The lowest BCUT2D eigenvalue weighted by molar-refractivity contribution is -0.116. The van der Waals surface area contributed by atoms with Gasteiger partial charge in [-0.05, 0) is 36.6 Å². The van der Waals surface area contributed by atoms with E-state index in [4.69, 9.17) is 21.1 Å². The number of hydrogen-bond donors (Lipinski definition) is 1. The molecule has 2 heterocycles. The Morgan fingerprint density at radius 2 is 2.28 bits per heavy atom. The van der Waals surface area contributed by atoms with Gasteiger partial charge in [0.05, 0.1) is 5.02 Å². The lowest BCUT2D eigenvalue weighted by Gasteiger charge is -2.05. The molecule has 4 rings (SSSR count). The first-order chi connectivity index (χ1) is 12.2. The minimum atomic E-state index is -0.175. The zero-order valence-corrected chi connectivity index (χ0v) is 14.2. The summed E-state index contributed by atoms with van der Waals surface area (Å²) in [5.41, 5.74) is 0.776. The summed E-state index contributed by atoms with van der Waals surface area (Å²) in [6, 6.07) is 4.06. The number of carbonyl (C=O) groups is 1. The van der Waals surface area contributed by atoms with Crippen molar-refractivity contribution < 1.29 is 14.3 Å². The molecule has 1 aromatic heterocycles. The summed E-state index contributed by atoms with van der Waals surface area (Å²) in [6.45, 7) is 0.671. The molecule has 0 radical (unpaired) electrons. The van der Waals surface area contributed by atoms with Crippen molar-refractivity contribution in [3.63, 3.8) is 0 Å². The molecule has 1 amide bonds. The Morgan fingerprint density at radius 1 is 1.40 bits per heavy atom. The molecule has 1 aliphatic heterocycles. The minimum Gasteiger partial charge on any atom is -0.454 e. The molecule has 2 aromatic rings. The second kappa shape index (κ2) is 6.76. The Balaban J connectivity index is 1.31. The van der Waals surface area contributed by atoms with Crippen LogP contribution in [0.3, 0.4) is 0 Å². The fraction of sp³-hybridized carbons (Fsp3) is 0.353. The second-order valence-electron chi connectivity index (χ2n) is 6.00. The maximum atomic E-state index is 12.0. The number of aromatic nitrogens is 3. The molecular formula is C17H17ClN4O3. The standard InChI is InChI=1S/C17H17ClN4O3/c18-13-7-11(8-14-17(13)25-10-24-14)1-4-16(23)19-6-5-15-21-20-9-22(15)12-2-3-12/h1,4,7-9,12H,2-3,5-6,10H2,(H,19,23). The third-order valence-corrected chi connectivity index (χ3v) is 4.39. The van der Waals surface area contributed by atoms with E-state index in [-0.39, 0.29) is 12.7 Å². The number of nitrogens with zero attached hydrogens (tertiary/aromatic N) is 3. The van der Waals surface area contributed by atoms with Crippen molar-refractivity contribution in [2.45, 2.75) is 25.3 Å². The molecular weight excluding hydrogens is 344 g/mol. The van der Waals surface area contributed by atoms with E-state index in [0.717, 1.165) is 11.4 Å². The molecule has 0 saturated heterocycles. The van der Waals surface area contributed by atoms with E-state index in [1.54, 1.807) is 24.5 Å². The Labute approximate surface area is 149 Å². The van der Waals surface area contributed by atoms with E-state index in [2.05, 4.69) is 20.1 Å². The molecule has 0 bridgehead atoms. The van der Waals surface area contributed by atoms with Crippen molar-refractivity contribution in [3.8, 4) is 11.5 Å². The number of halogens is 1. The molecule has 130 valence electrons. The monoisotopic (exact) mass is 360 g/mol. The van der Waals surface area contributed by atoms with Gasteiger partial charge in [0.15, 0.2) is 11.5 Å². The molecule has 25 heavy (non-hydrogen) atoms. The lowest BCUT2D eigenvalue weighted by Crippen LogP contribution is -2.24. The van der Waals surface area contributed by atoms with Crippen LogP contribution in [-0.4, -0.2) is 34.0 Å². The maximum Gasteiger partial charge on any atom is 0.244 e. The summed E-state index contributed by atoms with van der Waals surface area (Å²) >= 11 is 6.12. The van der Waals surface area contributed by atoms with E-state index in [1.807, 2.05) is 0 Å². The van der Waals surface area contributed by atoms with Gasteiger partial charge in [0, 0.05) is 25.1 Å². The Kier molecular flexibility index (Phi) is 4.31. The maximum absolute atomic E-state index is 12.0. The highest BCUT2D eigenvalue weighted by Gasteiger charge is 2.25. The molecule has 2 aliphatic rings. The molecule has 8 heteroatoms. The van der Waals surface area contributed by atoms with Crippen LogP contribution in [-0.2, 0) is 11.2 Å². The quantitative estimate of drug-likeness (QED) is 0.800. The third kappa shape index (κ3) is 3.61. The molecule has 1 aromatic carbocycles. The van der Waals surface area contributed by atoms with Crippen molar-refractivity contribution in [2.75, 3.05) is 13.3 Å². The highest BCUT2D eigenvalue weighted by molar-refractivity contribution is 6.32. The Hall–Kier alpha value is -2.54. The molecule has 7 nitrogen and oxygen atoms in total. The number of carbonyl (C=O) groups excluding carboxylic acids is 1. The number of nitrogens with one attached hydrogen (secondary N) is 1. The van der Waals surface area contributed by atoms with Crippen LogP contribution in [0.4, 0.5) is 0 Å². The molecule has 1 fully saturated rings. The van der Waals surface area contributed by atoms with Gasteiger partial charge in [-0.1, -0.05) is 11.6 Å². The predicted octanol–water partition coefficient (Wildman–Crippen LogP) is 2.37. The van der Waals surface area contributed by atoms with Crippen LogP contribution < -0.4 is 14.8 Å². The van der Waals surface area contributed by atoms with E-state index in [0.29, 0.717) is 35.5 Å². The first-order valence-corrected chi connectivity index (χ1v) is 8.52. The number of amides is 1. The van der Waals surface area contributed by atoms with E-state index < -0.39 is 0 Å². The van der Waals surface area contributed by atoms with Crippen LogP contribution in [0.25, 0.3) is 6.08 Å². The zero-order valence-electron chi connectivity index (χ0n) is 13.4. The van der Waals surface area contributed by atoms with Crippen molar-refractivity contribution >= 4 is 23.6 Å². The van der Waals surface area contributed by atoms with Crippen LogP contribution in [0.15, 0.2) is 24.5 Å². The van der Waals surface area contributed by atoms with Gasteiger partial charge >= 0.3 is 0 Å². The second-order valence-corrected chi connectivity index (χ2v) is 6.40. The van der Waals surface area contributed by atoms with Gasteiger partial charge < -0.3 is 19.4 Å². The van der Waals surface area contributed by atoms with Crippen molar-refractivity contribution in [1.29, 1.82) is 0 Å². The molecule has 0 atom stereocenters. The van der Waals surface area contributed by atoms with Gasteiger partial charge in [0.2, 0.25) is 12.7 Å². The van der Waals surface area contributed by atoms with Crippen molar-refractivity contribution in [3.05, 3.63) is 40.9 Å². The number of hydrogen-bond acceptors (Lipinski definition) is 5. The van der Waals surface area contributed by atoms with Gasteiger partial charge in [0.1, 0.15) is 12.2 Å². The average Bonchev–Trinajstić information content (AvgIpc) is 3.14. The van der Waals surface area contributed by atoms with Gasteiger partial charge in [-0.25, -0.2) is 0 Å². The first kappa shape index (κ1) is 16.0. The van der Waals surface area contributed by atoms with Crippen molar-refractivity contribution in [2.24, 2.45) is 0 Å². The predicted molar refractivity (Wildman–Crippen MR) is 91.6 cm³/mol. The van der Waals surface area contributed by atoms with Crippen LogP contribution in [0.2, 0.25) is 5.02 Å². The number of fused-ring (bicyclic) bond motifs is 1. The SMILES string of the molecule is O=C(C=Cc1cc(Cl)c2c(c1)OCO2)NCCc1nncn1C1CC1. The summed E-state index contributed by atoms with van der Waals surface area (Å²) < 4.78 is 12.7. The first-order valence-electron chi connectivity index (χ1n) is 8.14. The molecule has 1 saturated carbocycles.